The summed E-state index contributed by atoms with van der Waals surface area (Å²) in [6, 6.07) is 7.90. The van der Waals surface area contributed by atoms with Gasteiger partial charge in [-0.3, -0.25) is 9.67 Å². The van der Waals surface area contributed by atoms with Crippen molar-refractivity contribution in [3.8, 4) is 0 Å². The summed E-state index contributed by atoms with van der Waals surface area (Å²) < 4.78 is 7.34. The first-order chi connectivity index (χ1) is 10.7. The fourth-order valence-corrected chi connectivity index (χ4v) is 2.63. The number of hydrogen-bond acceptors (Lipinski definition) is 5. The molecule has 0 saturated heterocycles. The molecule has 3 aromatic heterocycles. The minimum Gasteiger partial charge on any atom is -0.441 e. The van der Waals surface area contributed by atoms with Gasteiger partial charge in [0.2, 0.25) is 0 Å². The number of oxazole rings is 1. The van der Waals surface area contributed by atoms with Gasteiger partial charge in [-0.2, -0.15) is 5.10 Å². The highest BCUT2D eigenvalue weighted by atomic mass is 16.3. The van der Waals surface area contributed by atoms with Crippen LogP contribution in [0.25, 0.3) is 22.1 Å². The zero-order valence-corrected chi connectivity index (χ0v) is 12.4. The molecule has 0 unspecified atom stereocenters. The largest absolute Gasteiger partial charge is 0.441 e. The van der Waals surface area contributed by atoms with Crippen LogP contribution in [-0.2, 0) is 13.6 Å². The zero-order valence-electron chi connectivity index (χ0n) is 12.4. The van der Waals surface area contributed by atoms with E-state index in [1.807, 2.05) is 44.4 Å². The molecule has 0 saturated carbocycles. The summed E-state index contributed by atoms with van der Waals surface area (Å²) in [4.78, 5) is 8.77. The van der Waals surface area contributed by atoms with Gasteiger partial charge in [0, 0.05) is 32.3 Å². The number of nitrogens with one attached hydrogen (secondary N) is 1. The quantitative estimate of drug-likeness (QED) is 0.629. The van der Waals surface area contributed by atoms with Gasteiger partial charge in [0.05, 0.1) is 11.9 Å². The summed E-state index contributed by atoms with van der Waals surface area (Å²) in [6.45, 7) is 2.51. The van der Waals surface area contributed by atoms with E-state index in [0.717, 1.165) is 33.4 Å². The van der Waals surface area contributed by atoms with Crippen LogP contribution in [0, 0.1) is 6.92 Å². The average molecular weight is 293 g/mol. The van der Waals surface area contributed by atoms with Gasteiger partial charge in [0.25, 0.3) is 0 Å². The van der Waals surface area contributed by atoms with Crippen molar-refractivity contribution >= 4 is 27.8 Å². The van der Waals surface area contributed by atoms with E-state index in [1.54, 1.807) is 10.9 Å². The van der Waals surface area contributed by atoms with Gasteiger partial charge >= 0.3 is 0 Å². The number of nitrogens with zero attached hydrogens (tertiary/aromatic N) is 4. The molecule has 110 valence electrons. The second kappa shape index (κ2) is 4.84. The van der Waals surface area contributed by atoms with Gasteiger partial charge in [-0.25, -0.2) is 4.98 Å². The highest BCUT2D eigenvalue weighted by Crippen LogP contribution is 2.23. The average Bonchev–Trinajstić information content (AvgIpc) is 3.06. The standard InChI is InChI=1S/C16H15N5O/c1-10-19-15-11(4-3-5-14(15)22-10)8-18-12-6-7-17-13-9-21(2)20-16(12)13/h3-7,9,18H,8H2,1-2H3. The highest BCUT2D eigenvalue weighted by molar-refractivity contribution is 5.87. The van der Waals surface area contributed by atoms with Gasteiger partial charge in [-0.1, -0.05) is 12.1 Å². The van der Waals surface area contributed by atoms with E-state index in [1.165, 1.54) is 0 Å². The molecule has 4 aromatic rings. The first kappa shape index (κ1) is 12.8. The van der Waals surface area contributed by atoms with Gasteiger partial charge in [-0.05, 0) is 12.1 Å². The minimum atomic E-state index is 0.652. The van der Waals surface area contributed by atoms with Crippen LogP contribution in [0.2, 0.25) is 0 Å². The minimum absolute atomic E-state index is 0.652. The number of aromatic nitrogens is 4. The highest BCUT2D eigenvalue weighted by Gasteiger charge is 2.09. The molecule has 0 fully saturated rings. The van der Waals surface area contributed by atoms with Crippen LogP contribution in [0.5, 0.6) is 0 Å². The number of aryl methyl sites for hydroxylation is 2. The van der Waals surface area contributed by atoms with Gasteiger partial charge in [-0.15, -0.1) is 0 Å². The van der Waals surface area contributed by atoms with Crippen LogP contribution in [0.3, 0.4) is 0 Å². The van der Waals surface area contributed by atoms with Crippen LogP contribution >= 0.6 is 0 Å². The molecule has 0 bridgehead atoms. The van der Waals surface area contributed by atoms with Crippen molar-refractivity contribution in [1.82, 2.24) is 19.7 Å². The molecule has 22 heavy (non-hydrogen) atoms. The van der Waals surface area contributed by atoms with Crippen molar-refractivity contribution in [2.24, 2.45) is 7.05 Å². The maximum atomic E-state index is 5.57. The lowest BCUT2D eigenvalue weighted by Gasteiger charge is -2.07. The number of hydrogen-bond donors (Lipinski definition) is 1. The number of para-hydroxylation sites is 1. The molecule has 1 N–H and O–H groups in total. The Morgan fingerprint density at radius 3 is 3.05 bits per heavy atom. The van der Waals surface area contributed by atoms with Gasteiger partial charge in [0.15, 0.2) is 11.5 Å². The van der Waals surface area contributed by atoms with E-state index in [2.05, 4.69) is 20.4 Å². The van der Waals surface area contributed by atoms with Crippen molar-refractivity contribution in [3.63, 3.8) is 0 Å². The number of fused-ring (bicyclic) bond motifs is 2. The SMILES string of the molecule is Cc1nc2c(CNc3ccnc4cn(C)nc34)cccc2o1. The second-order valence-electron chi connectivity index (χ2n) is 5.25. The van der Waals surface area contributed by atoms with Gasteiger partial charge in [0.1, 0.15) is 16.6 Å². The number of anilines is 1. The molecule has 6 nitrogen and oxygen atoms in total. The van der Waals surface area contributed by atoms with Crippen molar-refractivity contribution in [3.05, 3.63) is 48.1 Å². The van der Waals surface area contributed by atoms with Crippen LogP contribution in [0.15, 0.2) is 41.1 Å². The summed E-state index contributed by atoms with van der Waals surface area (Å²) >= 11 is 0. The molecule has 0 atom stereocenters. The predicted molar refractivity (Wildman–Crippen MR) is 84.6 cm³/mol. The van der Waals surface area contributed by atoms with E-state index in [9.17, 15) is 0 Å². The first-order valence-electron chi connectivity index (χ1n) is 7.08. The summed E-state index contributed by atoms with van der Waals surface area (Å²) in [7, 11) is 1.89. The topological polar surface area (TPSA) is 68.8 Å². The lowest BCUT2D eigenvalue weighted by molar-refractivity contribution is 0.561. The van der Waals surface area contributed by atoms with Crippen LogP contribution in [0.4, 0.5) is 5.69 Å². The predicted octanol–water partition coefficient (Wildman–Crippen LogP) is 3.03. The third-order valence-electron chi connectivity index (χ3n) is 3.60. The molecule has 0 aliphatic rings. The Bertz CT molecular complexity index is 889. The normalized spacial score (nSPS) is 11.4. The van der Waals surface area contributed by atoms with Crippen molar-refractivity contribution in [2.45, 2.75) is 13.5 Å². The van der Waals surface area contributed by atoms with E-state index in [0.29, 0.717) is 12.4 Å². The Balaban J connectivity index is 1.68. The van der Waals surface area contributed by atoms with E-state index < -0.39 is 0 Å². The van der Waals surface area contributed by atoms with Crippen molar-refractivity contribution < 1.29 is 4.42 Å². The first-order valence-corrected chi connectivity index (χ1v) is 7.08. The monoisotopic (exact) mass is 293 g/mol. The molecule has 0 amide bonds. The lowest BCUT2D eigenvalue weighted by Crippen LogP contribution is -2.01. The molecule has 0 radical (unpaired) electrons. The maximum Gasteiger partial charge on any atom is 0.192 e. The van der Waals surface area contributed by atoms with Crippen molar-refractivity contribution in [1.29, 1.82) is 0 Å². The third-order valence-corrected chi connectivity index (χ3v) is 3.60. The summed E-state index contributed by atoms with van der Waals surface area (Å²) in [5.74, 6) is 0.679. The Kier molecular flexibility index (Phi) is 2.82. The fraction of sp³-hybridized carbons (Fsp3) is 0.188. The second-order valence-corrected chi connectivity index (χ2v) is 5.25. The molecule has 4 rings (SSSR count). The Hall–Kier alpha value is -2.89. The molecule has 3 heterocycles. The summed E-state index contributed by atoms with van der Waals surface area (Å²) in [6.07, 6.45) is 3.69. The Morgan fingerprint density at radius 1 is 1.23 bits per heavy atom. The number of rotatable bonds is 3. The third kappa shape index (κ3) is 2.09. The van der Waals surface area contributed by atoms with Gasteiger partial charge < -0.3 is 9.73 Å². The molecule has 0 aliphatic heterocycles. The fourth-order valence-electron chi connectivity index (χ4n) is 2.63. The molecule has 0 spiro atoms. The van der Waals surface area contributed by atoms with E-state index in [-0.39, 0.29) is 0 Å². The smallest absolute Gasteiger partial charge is 0.192 e. The summed E-state index contributed by atoms with van der Waals surface area (Å²) in [5, 5.41) is 7.87. The number of benzene rings is 1. The van der Waals surface area contributed by atoms with Crippen molar-refractivity contribution in [2.75, 3.05) is 5.32 Å². The van der Waals surface area contributed by atoms with Crippen LogP contribution in [0.1, 0.15) is 11.5 Å². The maximum absolute atomic E-state index is 5.57. The zero-order chi connectivity index (χ0) is 15.1. The molecule has 6 heteroatoms. The molecular weight excluding hydrogens is 278 g/mol. The van der Waals surface area contributed by atoms with E-state index in [4.69, 9.17) is 4.42 Å². The van der Waals surface area contributed by atoms with E-state index >= 15 is 0 Å². The molecule has 0 aliphatic carbocycles. The Labute approximate surface area is 126 Å². The molecular formula is C16H15N5O. The van der Waals surface area contributed by atoms with Crippen LogP contribution in [-0.4, -0.2) is 19.7 Å². The van der Waals surface area contributed by atoms with Crippen LogP contribution < -0.4 is 5.32 Å². The summed E-state index contributed by atoms with van der Waals surface area (Å²) in [5.41, 5.74) is 5.52. The lowest BCUT2D eigenvalue weighted by atomic mass is 10.2. The molecule has 1 aromatic carbocycles. The number of pyridine rings is 1. The Morgan fingerprint density at radius 2 is 2.14 bits per heavy atom.